The molecule has 0 fully saturated rings. The molecule has 0 aliphatic rings. The van der Waals surface area contributed by atoms with Gasteiger partial charge in [0.25, 0.3) is 5.91 Å². The summed E-state index contributed by atoms with van der Waals surface area (Å²) in [5, 5.41) is 24.1. The van der Waals surface area contributed by atoms with Gasteiger partial charge in [-0.3, -0.25) is 10.1 Å². The number of aryl methyl sites for hydroxylation is 2. The fourth-order valence-electron chi connectivity index (χ4n) is 2.14. The summed E-state index contributed by atoms with van der Waals surface area (Å²) in [6.45, 7) is 3.45. The molecule has 0 unspecified atom stereocenters. The Bertz CT molecular complexity index is 833. The zero-order valence-electron chi connectivity index (χ0n) is 13.1. The molecule has 6 nitrogen and oxygen atoms in total. The predicted molar refractivity (Wildman–Crippen MR) is 94.7 cm³/mol. The van der Waals surface area contributed by atoms with Gasteiger partial charge in [-0.25, -0.2) is 4.79 Å². The molecule has 0 aromatic heterocycles. The molecule has 0 aliphatic carbocycles. The van der Waals surface area contributed by atoms with E-state index in [-0.39, 0.29) is 22.3 Å². The van der Waals surface area contributed by atoms with E-state index in [4.69, 9.17) is 17.3 Å². The Morgan fingerprint density at radius 2 is 1.83 bits per heavy atom. The van der Waals surface area contributed by atoms with Gasteiger partial charge in [-0.1, -0.05) is 17.7 Å². The van der Waals surface area contributed by atoms with E-state index in [2.05, 4.69) is 10.6 Å². The Balaban J connectivity index is 2.13. The molecule has 0 spiro atoms. The van der Waals surface area contributed by atoms with Crippen LogP contribution in [0.3, 0.4) is 0 Å². The normalized spacial score (nSPS) is 10.1. The van der Waals surface area contributed by atoms with E-state index in [0.717, 1.165) is 5.56 Å². The highest BCUT2D eigenvalue weighted by atomic mass is 32.1. The van der Waals surface area contributed by atoms with Gasteiger partial charge in [0.2, 0.25) is 0 Å². The summed E-state index contributed by atoms with van der Waals surface area (Å²) in [4.78, 5) is 23.2. The monoisotopic (exact) mass is 344 g/mol. The number of anilines is 1. The number of aromatic carboxylic acids is 1. The molecule has 2 aromatic carbocycles. The van der Waals surface area contributed by atoms with Crippen LogP contribution in [-0.2, 0) is 0 Å². The third-order valence-corrected chi connectivity index (χ3v) is 3.50. The zero-order chi connectivity index (χ0) is 17.9. The topological polar surface area (TPSA) is 98.7 Å². The summed E-state index contributed by atoms with van der Waals surface area (Å²) in [5.41, 5.74) is 1.90. The molecule has 24 heavy (non-hydrogen) atoms. The van der Waals surface area contributed by atoms with E-state index in [1.807, 2.05) is 13.0 Å². The number of carbonyl (C=O) groups is 2. The number of carboxylic acids is 1. The quantitative estimate of drug-likeness (QED) is 0.505. The lowest BCUT2D eigenvalue weighted by Gasteiger charge is -2.12. The Labute approximate surface area is 144 Å². The van der Waals surface area contributed by atoms with E-state index >= 15 is 0 Å². The number of aromatic hydroxyl groups is 1. The standard InChI is InChI=1S/C17H16N2O4S/c1-9-4-3-5-11(6-9)15(21)19-17(24)18-12-7-10(2)14(20)13(8-12)16(22)23/h3-8,20H,1-2H3,(H,22,23)(H2,18,19,21,24). The van der Waals surface area contributed by atoms with Gasteiger partial charge in [-0.2, -0.15) is 0 Å². The minimum atomic E-state index is -1.26. The molecular weight excluding hydrogens is 328 g/mol. The van der Waals surface area contributed by atoms with Gasteiger partial charge in [-0.15, -0.1) is 0 Å². The summed E-state index contributed by atoms with van der Waals surface area (Å²) < 4.78 is 0. The van der Waals surface area contributed by atoms with Crippen molar-refractivity contribution in [3.8, 4) is 5.75 Å². The van der Waals surface area contributed by atoms with E-state index in [1.54, 1.807) is 25.1 Å². The number of carbonyl (C=O) groups excluding carboxylic acids is 1. The van der Waals surface area contributed by atoms with Crippen LogP contribution in [0.1, 0.15) is 31.8 Å². The van der Waals surface area contributed by atoms with Gasteiger partial charge in [-0.05, 0) is 55.9 Å². The minimum Gasteiger partial charge on any atom is -0.507 e. The summed E-state index contributed by atoms with van der Waals surface area (Å²) in [5.74, 6) is -1.93. The number of carboxylic acid groups (broad SMARTS) is 1. The number of amides is 1. The maximum atomic E-state index is 12.1. The second-order valence-corrected chi connectivity index (χ2v) is 5.68. The first-order valence-corrected chi connectivity index (χ1v) is 7.44. The Hall–Kier alpha value is -2.93. The van der Waals surface area contributed by atoms with Gasteiger partial charge in [0.1, 0.15) is 11.3 Å². The molecule has 1 amide bonds. The number of thiocarbonyl (C=S) groups is 1. The third-order valence-electron chi connectivity index (χ3n) is 3.30. The van der Waals surface area contributed by atoms with Crippen molar-refractivity contribution in [2.24, 2.45) is 0 Å². The second kappa shape index (κ2) is 7.10. The van der Waals surface area contributed by atoms with Crippen molar-refractivity contribution in [3.05, 3.63) is 58.7 Å². The van der Waals surface area contributed by atoms with Crippen LogP contribution in [0, 0.1) is 13.8 Å². The highest BCUT2D eigenvalue weighted by Crippen LogP contribution is 2.26. The number of benzene rings is 2. The molecule has 2 rings (SSSR count). The molecule has 0 bridgehead atoms. The second-order valence-electron chi connectivity index (χ2n) is 5.27. The van der Waals surface area contributed by atoms with Crippen LogP contribution in [-0.4, -0.2) is 27.2 Å². The van der Waals surface area contributed by atoms with Crippen LogP contribution < -0.4 is 10.6 Å². The molecule has 0 radical (unpaired) electrons. The first kappa shape index (κ1) is 17.4. The Morgan fingerprint density at radius 3 is 2.46 bits per heavy atom. The van der Waals surface area contributed by atoms with Crippen molar-refractivity contribution in [2.45, 2.75) is 13.8 Å². The summed E-state index contributed by atoms with van der Waals surface area (Å²) >= 11 is 5.08. The van der Waals surface area contributed by atoms with E-state index in [9.17, 15) is 14.7 Å². The number of hydrogen-bond acceptors (Lipinski definition) is 4. The van der Waals surface area contributed by atoms with Crippen molar-refractivity contribution in [1.82, 2.24) is 5.32 Å². The van der Waals surface area contributed by atoms with Crippen LogP contribution in [0.15, 0.2) is 36.4 Å². The first-order valence-electron chi connectivity index (χ1n) is 7.04. The lowest BCUT2D eigenvalue weighted by molar-refractivity contribution is 0.0693. The van der Waals surface area contributed by atoms with Crippen LogP contribution in [0.4, 0.5) is 5.69 Å². The van der Waals surface area contributed by atoms with Crippen molar-refractivity contribution >= 4 is 34.9 Å². The highest BCUT2D eigenvalue weighted by Gasteiger charge is 2.14. The summed E-state index contributed by atoms with van der Waals surface area (Å²) in [6, 6.07) is 9.81. The van der Waals surface area contributed by atoms with Crippen molar-refractivity contribution in [1.29, 1.82) is 0 Å². The van der Waals surface area contributed by atoms with Gasteiger partial charge < -0.3 is 15.5 Å². The molecule has 0 aliphatic heterocycles. The van der Waals surface area contributed by atoms with E-state index in [1.165, 1.54) is 12.1 Å². The molecule has 0 heterocycles. The van der Waals surface area contributed by atoms with Crippen LogP contribution in [0.2, 0.25) is 0 Å². The smallest absolute Gasteiger partial charge is 0.339 e. The largest absolute Gasteiger partial charge is 0.507 e. The van der Waals surface area contributed by atoms with E-state index in [0.29, 0.717) is 16.8 Å². The SMILES string of the molecule is Cc1cccc(C(=O)NC(=S)Nc2cc(C)c(O)c(C(=O)O)c2)c1. The number of rotatable bonds is 3. The van der Waals surface area contributed by atoms with Gasteiger partial charge in [0.15, 0.2) is 5.11 Å². The number of nitrogens with one attached hydrogen (secondary N) is 2. The van der Waals surface area contributed by atoms with Gasteiger partial charge >= 0.3 is 5.97 Å². The molecule has 124 valence electrons. The Morgan fingerprint density at radius 1 is 1.12 bits per heavy atom. The maximum absolute atomic E-state index is 12.1. The fraction of sp³-hybridized carbons (Fsp3) is 0.118. The van der Waals surface area contributed by atoms with Crippen LogP contribution in [0.25, 0.3) is 0 Å². The van der Waals surface area contributed by atoms with Crippen LogP contribution >= 0.6 is 12.2 Å². The van der Waals surface area contributed by atoms with Gasteiger partial charge in [0.05, 0.1) is 0 Å². The van der Waals surface area contributed by atoms with Crippen LogP contribution in [0.5, 0.6) is 5.75 Å². The Kier molecular flexibility index (Phi) is 5.15. The third kappa shape index (κ3) is 4.08. The molecular formula is C17H16N2O4S. The van der Waals surface area contributed by atoms with Gasteiger partial charge in [0, 0.05) is 11.3 Å². The number of phenols is 1. The minimum absolute atomic E-state index is 0.0305. The molecule has 2 aromatic rings. The predicted octanol–water partition coefficient (Wildman–Crippen LogP) is 2.83. The first-order chi connectivity index (χ1) is 11.3. The van der Waals surface area contributed by atoms with Crippen molar-refractivity contribution in [2.75, 3.05) is 5.32 Å². The zero-order valence-corrected chi connectivity index (χ0v) is 13.9. The lowest BCUT2D eigenvalue weighted by Crippen LogP contribution is -2.34. The molecule has 7 heteroatoms. The highest BCUT2D eigenvalue weighted by molar-refractivity contribution is 7.80. The molecule has 0 saturated heterocycles. The maximum Gasteiger partial charge on any atom is 0.339 e. The summed E-state index contributed by atoms with van der Waals surface area (Å²) in [7, 11) is 0. The van der Waals surface area contributed by atoms with Crippen molar-refractivity contribution < 1.29 is 19.8 Å². The molecule has 4 N–H and O–H groups in total. The van der Waals surface area contributed by atoms with E-state index < -0.39 is 5.97 Å². The average Bonchev–Trinajstić information content (AvgIpc) is 2.50. The molecule has 0 atom stereocenters. The summed E-state index contributed by atoms with van der Waals surface area (Å²) in [6.07, 6.45) is 0. The lowest BCUT2D eigenvalue weighted by atomic mass is 10.1. The average molecular weight is 344 g/mol. The molecule has 0 saturated carbocycles. The fourth-order valence-corrected chi connectivity index (χ4v) is 2.35. The number of hydrogen-bond donors (Lipinski definition) is 4. The van der Waals surface area contributed by atoms with Crippen molar-refractivity contribution in [3.63, 3.8) is 0 Å².